The Hall–Kier alpha value is -2.47. The summed E-state index contributed by atoms with van der Waals surface area (Å²) in [6.07, 6.45) is 2.01. The molecule has 0 bridgehead atoms. The Morgan fingerprint density at radius 3 is 2.92 bits per heavy atom. The summed E-state index contributed by atoms with van der Waals surface area (Å²) < 4.78 is 0. The molecule has 122 valence electrons. The van der Waals surface area contributed by atoms with Crippen LogP contribution < -0.4 is 0 Å². The zero-order valence-corrected chi connectivity index (χ0v) is 14.0. The third kappa shape index (κ3) is 2.97. The Balaban J connectivity index is 1.50. The zero-order valence-electron chi connectivity index (χ0n) is 13.2. The fraction of sp³-hybridized carbons (Fsp3) is 0.278. The lowest BCUT2D eigenvalue weighted by atomic mass is 9.97. The van der Waals surface area contributed by atoms with E-state index in [0.717, 1.165) is 36.3 Å². The number of aromatic amines is 1. The molecule has 1 saturated heterocycles. The molecule has 2 aromatic heterocycles. The van der Waals surface area contributed by atoms with Gasteiger partial charge in [-0.25, -0.2) is 4.98 Å². The first-order valence-corrected chi connectivity index (χ1v) is 9.05. The van der Waals surface area contributed by atoms with Gasteiger partial charge in [0.1, 0.15) is 5.82 Å². The van der Waals surface area contributed by atoms with E-state index in [4.69, 9.17) is 0 Å². The molecule has 0 aliphatic carbocycles. The van der Waals surface area contributed by atoms with Crippen molar-refractivity contribution in [2.45, 2.75) is 18.8 Å². The number of piperidine rings is 1. The number of likely N-dealkylation sites (tertiary alicyclic amines) is 1. The van der Waals surface area contributed by atoms with E-state index < -0.39 is 0 Å². The van der Waals surface area contributed by atoms with Crippen molar-refractivity contribution in [1.29, 1.82) is 0 Å². The summed E-state index contributed by atoms with van der Waals surface area (Å²) in [5.41, 5.74) is 1.78. The van der Waals surface area contributed by atoms with E-state index in [1.807, 2.05) is 52.1 Å². The second kappa shape index (κ2) is 6.57. The lowest BCUT2D eigenvalue weighted by Gasteiger charge is -2.31. The largest absolute Gasteiger partial charge is 0.338 e. The first-order valence-electron chi connectivity index (χ1n) is 8.10. The van der Waals surface area contributed by atoms with Crippen LogP contribution in [0.1, 0.15) is 34.9 Å². The van der Waals surface area contributed by atoms with Gasteiger partial charge in [-0.05, 0) is 24.3 Å². The van der Waals surface area contributed by atoms with Gasteiger partial charge in [0.15, 0.2) is 5.82 Å². The van der Waals surface area contributed by atoms with Crippen LogP contribution in [0.15, 0.2) is 47.2 Å². The van der Waals surface area contributed by atoms with Gasteiger partial charge in [0.25, 0.3) is 5.91 Å². The van der Waals surface area contributed by atoms with Gasteiger partial charge in [-0.15, -0.1) is 0 Å². The van der Waals surface area contributed by atoms with Gasteiger partial charge < -0.3 is 4.90 Å². The molecule has 6 heteroatoms. The molecule has 1 unspecified atom stereocenters. The molecule has 1 atom stereocenters. The maximum atomic E-state index is 12.6. The van der Waals surface area contributed by atoms with E-state index in [2.05, 4.69) is 15.2 Å². The number of rotatable bonds is 3. The van der Waals surface area contributed by atoms with Gasteiger partial charge in [0, 0.05) is 30.0 Å². The van der Waals surface area contributed by atoms with E-state index in [-0.39, 0.29) is 11.8 Å². The normalized spacial score (nSPS) is 17.8. The third-order valence-electron chi connectivity index (χ3n) is 4.40. The monoisotopic (exact) mass is 338 g/mol. The lowest BCUT2D eigenvalue weighted by Crippen LogP contribution is -2.39. The molecule has 0 spiro atoms. The van der Waals surface area contributed by atoms with Gasteiger partial charge in [0.2, 0.25) is 0 Å². The van der Waals surface area contributed by atoms with Crippen molar-refractivity contribution < 1.29 is 4.79 Å². The summed E-state index contributed by atoms with van der Waals surface area (Å²) in [5.74, 6) is 1.92. The number of carbonyl (C=O) groups excluding carboxylic acids is 1. The number of H-pyrrole nitrogens is 1. The van der Waals surface area contributed by atoms with E-state index >= 15 is 0 Å². The summed E-state index contributed by atoms with van der Waals surface area (Å²) in [6.45, 7) is 1.50. The van der Waals surface area contributed by atoms with E-state index in [9.17, 15) is 4.79 Å². The van der Waals surface area contributed by atoms with Crippen LogP contribution in [0.25, 0.3) is 11.4 Å². The highest BCUT2D eigenvalue weighted by molar-refractivity contribution is 7.08. The minimum Gasteiger partial charge on any atom is -0.338 e. The van der Waals surface area contributed by atoms with Gasteiger partial charge >= 0.3 is 0 Å². The van der Waals surface area contributed by atoms with Crippen molar-refractivity contribution in [2.75, 3.05) is 13.1 Å². The molecular formula is C18H18N4OS. The van der Waals surface area contributed by atoms with Crippen LogP contribution in [0, 0.1) is 0 Å². The van der Waals surface area contributed by atoms with Crippen LogP contribution in [0.3, 0.4) is 0 Å². The molecule has 3 heterocycles. The quantitative estimate of drug-likeness (QED) is 0.794. The van der Waals surface area contributed by atoms with E-state index in [1.165, 1.54) is 0 Å². The van der Waals surface area contributed by atoms with Crippen LogP contribution in [0.4, 0.5) is 0 Å². The molecule has 1 aliphatic heterocycles. The topological polar surface area (TPSA) is 61.9 Å². The van der Waals surface area contributed by atoms with Gasteiger partial charge in [-0.1, -0.05) is 30.3 Å². The minimum atomic E-state index is 0.115. The zero-order chi connectivity index (χ0) is 16.4. The Morgan fingerprint density at radius 2 is 2.12 bits per heavy atom. The first-order chi connectivity index (χ1) is 11.8. The van der Waals surface area contributed by atoms with Crippen LogP contribution in [-0.4, -0.2) is 39.1 Å². The van der Waals surface area contributed by atoms with E-state index in [0.29, 0.717) is 12.4 Å². The molecule has 4 rings (SSSR count). The highest BCUT2D eigenvalue weighted by Gasteiger charge is 2.27. The number of nitrogens with zero attached hydrogens (tertiary/aromatic N) is 3. The second-order valence-electron chi connectivity index (χ2n) is 6.01. The van der Waals surface area contributed by atoms with Crippen molar-refractivity contribution >= 4 is 17.2 Å². The van der Waals surface area contributed by atoms with Crippen molar-refractivity contribution in [3.63, 3.8) is 0 Å². The van der Waals surface area contributed by atoms with Gasteiger partial charge in [-0.2, -0.15) is 16.4 Å². The molecule has 3 aromatic rings. The minimum absolute atomic E-state index is 0.115. The number of hydrogen-bond donors (Lipinski definition) is 1. The van der Waals surface area contributed by atoms with Gasteiger partial charge in [0.05, 0.1) is 5.56 Å². The van der Waals surface area contributed by atoms with Gasteiger partial charge in [-0.3, -0.25) is 9.89 Å². The molecular weight excluding hydrogens is 320 g/mol. The SMILES string of the molecule is O=C(c1ccsc1)N1CCCC(c2nc(-c3ccccc3)n[nH]2)C1. The molecule has 0 saturated carbocycles. The number of nitrogens with one attached hydrogen (secondary N) is 1. The molecule has 1 amide bonds. The van der Waals surface area contributed by atoms with Crippen molar-refractivity contribution in [3.8, 4) is 11.4 Å². The maximum absolute atomic E-state index is 12.6. The Morgan fingerprint density at radius 1 is 1.25 bits per heavy atom. The molecule has 1 aliphatic rings. The van der Waals surface area contributed by atoms with E-state index in [1.54, 1.807) is 11.3 Å². The third-order valence-corrected chi connectivity index (χ3v) is 5.08. The Kier molecular flexibility index (Phi) is 4.13. The summed E-state index contributed by atoms with van der Waals surface area (Å²) in [7, 11) is 0. The maximum Gasteiger partial charge on any atom is 0.254 e. The number of aromatic nitrogens is 3. The average molecular weight is 338 g/mol. The average Bonchev–Trinajstić information content (AvgIpc) is 3.34. The summed E-state index contributed by atoms with van der Waals surface area (Å²) >= 11 is 1.55. The summed E-state index contributed by atoms with van der Waals surface area (Å²) in [5, 5.41) is 11.3. The first kappa shape index (κ1) is 15.1. The molecule has 0 radical (unpaired) electrons. The number of benzene rings is 1. The second-order valence-corrected chi connectivity index (χ2v) is 6.79. The highest BCUT2D eigenvalue weighted by Crippen LogP contribution is 2.27. The molecule has 24 heavy (non-hydrogen) atoms. The van der Waals surface area contributed by atoms with Crippen molar-refractivity contribution in [3.05, 3.63) is 58.5 Å². The fourth-order valence-corrected chi connectivity index (χ4v) is 3.76. The Bertz CT molecular complexity index is 813. The molecule has 1 N–H and O–H groups in total. The smallest absolute Gasteiger partial charge is 0.254 e. The summed E-state index contributed by atoms with van der Waals surface area (Å²) in [4.78, 5) is 19.1. The summed E-state index contributed by atoms with van der Waals surface area (Å²) in [6, 6.07) is 11.8. The standard InChI is InChI=1S/C18H18N4OS/c23-18(15-8-10-24-12-15)22-9-4-7-14(11-22)17-19-16(20-21-17)13-5-2-1-3-6-13/h1-3,5-6,8,10,12,14H,4,7,9,11H2,(H,19,20,21). The predicted molar refractivity (Wildman–Crippen MR) is 94.0 cm³/mol. The molecule has 1 aromatic carbocycles. The number of hydrogen-bond acceptors (Lipinski definition) is 4. The number of carbonyl (C=O) groups is 1. The van der Waals surface area contributed by atoms with Crippen LogP contribution in [0.2, 0.25) is 0 Å². The highest BCUT2D eigenvalue weighted by atomic mass is 32.1. The van der Waals surface area contributed by atoms with Crippen LogP contribution in [0.5, 0.6) is 0 Å². The predicted octanol–water partition coefficient (Wildman–Crippen LogP) is 3.55. The van der Waals surface area contributed by atoms with Crippen LogP contribution in [-0.2, 0) is 0 Å². The van der Waals surface area contributed by atoms with Crippen molar-refractivity contribution in [2.24, 2.45) is 0 Å². The lowest BCUT2D eigenvalue weighted by molar-refractivity contribution is 0.0705. The van der Waals surface area contributed by atoms with Crippen LogP contribution >= 0.6 is 11.3 Å². The number of amides is 1. The van der Waals surface area contributed by atoms with Crippen molar-refractivity contribution in [1.82, 2.24) is 20.1 Å². The fourth-order valence-electron chi connectivity index (χ4n) is 3.13. The Labute approximate surface area is 144 Å². The molecule has 5 nitrogen and oxygen atoms in total. The number of thiophene rings is 1. The molecule has 1 fully saturated rings.